The molecule has 0 bridgehead atoms. The van der Waals surface area contributed by atoms with Gasteiger partial charge in [0.05, 0.1) is 60.1 Å². The van der Waals surface area contributed by atoms with Crippen LogP contribution >= 0.6 is 15.9 Å². The number of nitrogens with zero attached hydrogens (tertiary/aromatic N) is 6. The Balaban J connectivity index is 1.17. The molecule has 0 saturated heterocycles. The Hall–Kier alpha value is -4.06. The van der Waals surface area contributed by atoms with Crippen LogP contribution in [-0.2, 0) is 29.0 Å². The molecule has 1 amide bonds. The van der Waals surface area contributed by atoms with E-state index in [4.69, 9.17) is 9.72 Å². The van der Waals surface area contributed by atoms with Gasteiger partial charge in [-0.15, -0.1) is 0 Å². The van der Waals surface area contributed by atoms with E-state index >= 15 is 0 Å². The van der Waals surface area contributed by atoms with Gasteiger partial charge in [0, 0.05) is 30.4 Å². The molecule has 1 fully saturated rings. The number of nitrogens with one attached hydrogen (secondary N) is 1. The molecule has 0 radical (unpaired) electrons. The quantitative estimate of drug-likeness (QED) is 0.258. The number of carbonyl (C=O) groups excluding carboxylic acids is 2. The molecule has 6 rings (SSSR count). The monoisotopic (exact) mass is 593 g/mol. The fourth-order valence-corrected chi connectivity index (χ4v) is 4.98. The second-order valence-electron chi connectivity index (χ2n) is 9.55. The number of halogens is 2. The number of fused-ring (bicyclic) bond motifs is 2. The van der Waals surface area contributed by atoms with Crippen molar-refractivity contribution in [3.8, 4) is 0 Å². The molecule has 5 heterocycles. The first-order valence-electron chi connectivity index (χ1n) is 12.7. The van der Waals surface area contributed by atoms with Gasteiger partial charge in [0.15, 0.2) is 5.82 Å². The largest absolute Gasteiger partial charge is 0.466 e. The molecule has 0 atom stereocenters. The minimum atomic E-state index is -0.436. The van der Waals surface area contributed by atoms with Gasteiger partial charge in [0.25, 0.3) is 5.91 Å². The van der Waals surface area contributed by atoms with Gasteiger partial charge in [-0.25, -0.2) is 14.4 Å². The van der Waals surface area contributed by atoms with Crippen molar-refractivity contribution < 1.29 is 18.7 Å². The van der Waals surface area contributed by atoms with Crippen LogP contribution in [0, 0.1) is 5.82 Å². The number of aromatic nitrogens is 6. The van der Waals surface area contributed by atoms with E-state index in [1.165, 1.54) is 18.1 Å². The Morgan fingerprint density at radius 1 is 1.23 bits per heavy atom. The maximum Gasteiger partial charge on any atom is 0.310 e. The van der Waals surface area contributed by atoms with Gasteiger partial charge in [0.2, 0.25) is 0 Å². The highest BCUT2D eigenvalue weighted by atomic mass is 79.9. The average Bonchev–Trinajstić information content (AvgIpc) is 3.31. The Bertz CT molecular complexity index is 1720. The first kappa shape index (κ1) is 25.2. The van der Waals surface area contributed by atoms with E-state index in [9.17, 15) is 14.0 Å². The van der Waals surface area contributed by atoms with Crippen LogP contribution in [0.3, 0.4) is 0 Å². The standard InChI is InChI=1S/C27H25BrFN7O3/c1-2-39-23(37)8-17-7-18(16-3-4-16)11-35-13-20(33-26(17)35)14-36-12-19(9-32-36)27(38)30-10-22-25-24(29)21(28)5-6-34(25)15-31-22/h5-7,9,11-13,15-16H,2-4,8,10,14H2,1H3,(H,30,38). The minimum absolute atomic E-state index is 0.0624. The normalized spacial score (nSPS) is 13.3. The van der Waals surface area contributed by atoms with Gasteiger partial charge >= 0.3 is 5.97 Å². The number of carbonyl (C=O) groups is 2. The van der Waals surface area contributed by atoms with E-state index in [-0.39, 0.29) is 24.8 Å². The third-order valence-corrected chi connectivity index (χ3v) is 7.30. The fourth-order valence-electron chi connectivity index (χ4n) is 4.67. The lowest BCUT2D eigenvalue weighted by Gasteiger charge is -2.07. The van der Waals surface area contributed by atoms with Crippen LogP contribution in [0.4, 0.5) is 4.39 Å². The topological polar surface area (TPSA) is 108 Å². The summed E-state index contributed by atoms with van der Waals surface area (Å²) < 4.78 is 25.2. The van der Waals surface area contributed by atoms with Gasteiger partial charge in [0.1, 0.15) is 11.2 Å². The van der Waals surface area contributed by atoms with Crippen molar-refractivity contribution >= 4 is 39.0 Å². The van der Waals surface area contributed by atoms with Crippen LogP contribution < -0.4 is 5.32 Å². The lowest BCUT2D eigenvalue weighted by molar-refractivity contribution is -0.142. The Morgan fingerprint density at radius 3 is 2.87 bits per heavy atom. The number of rotatable bonds is 9. The summed E-state index contributed by atoms with van der Waals surface area (Å²) in [6.45, 7) is 2.53. The first-order chi connectivity index (χ1) is 18.9. The summed E-state index contributed by atoms with van der Waals surface area (Å²) in [5, 5.41) is 7.10. The Labute approximate surface area is 230 Å². The maximum atomic E-state index is 14.5. The highest BCUT2D eigenvalue weighted by molar-refractivity contribution is 9.10. The van der Waals surface area contributed by atoms with E-state index in [1.54, 1.807) is 34.5 Å². The lowest BCUT2D eigenvalue weighted by Crippen LogP contribution is -2.22. The summed E-state index contributed by atoms with van der Waals surface area (Å²) >= 11 is 3.18. The lowest BCUT2D eigenvalue weighted by atomic mass is 10.1. The van der Waals surface area contributed by atoms with Crippen LogP contribution in [0.1, 0.15) is 58.6 Å². The summed E-state index contributed by atoms with van der Waals surface area (Å²) in [7, 11) is 0. The molecular formula is C27H25BrFN7O3. The highest BCUT2D eigenvalue weighted by Crippen LogP contribution is 2.40. The summed E-state index contributed by atoms with van der Waals surface area (Å²) in [6.07, 6.45) is 12.8. The molecule has 0 aromatic carbocycles. The number of amides is 1. The second kappa shape index (κ2) is 10.3. The zero-order valence-electron chi connectivity index (χ0n) is 21.1. The van der Waals surface area contributed by atoms with Crippen molar-refractivity contribution in [3.63, 3.8) is 0 Å². The van der Waals surface area contributed by atoms with Crippen LogP contribution in [-0.4, -0.2) is 47.0 Å². The van der Waals surface area contributed by atoms with E-state index in [2.05, 4.69) is 43.6 Å². The molecule has 5 aromatic heterocycles. The van der Waals surface area contributed by atoms with Crippen molar-refractivity contribution in [2.24, 2.45) is 0 Å². The molecule has 200 valence electrons. The molecule has 0 aliphatic heterocycles. The molecule has 10 nitrogen and oxygen atoms in total. The van der Waals surface area contributed by atoms with Gasteiger partial charge < -0.3 is 18.9 Å². The van der Waals surface area contributed by atoms with E-state index in [0.29, 0.717) is 46.0 Å². The molecule has 39 heavy (non-hydrogen) atoms. The van der Waals surface area contributed by atoms with Crippen LogP contribution in [0.25, 0.3) is 11.2 Å². The molecular weight excluding hydrogens is 569 g/mol. The summed E-state index contributed by atoms with van der Waals surface area (Å²) in [5.41, 5.74) is 4.57. The van der Waals surface area contributed by atoms with Crippen LogP contribution in [0.2, 0.25) is 0 Å². The third-order valence-electron chi connectivity index (χ3n) is 6.69. The number of hydrogen-bond acceptors (Lipinski definition) is 6. The molecule has 5 aromatic rings. The highest BCUT2D eigenvalue weighted by Gasteiger charge is 2.26. The smallest absolute Gasteiger partial charge is 0.310 e. The minimum Gasteiger partial charge on any atom is -0.466 e. The summed E-state index contributed by atoms with van der Waals surface area (Å²) in [6, 6.07) is 3.65. The van der Waals surface area contributed by atoms with Gasteiger partial charge in [-0.3, -0.25) is 14.3 Å². The number of hydrogen-bond donors (Lipinski definition) is 1. The summed E-state index contributed by atoms with van der Waals surface area (Å²) in [5.74, 6) is -0.544. The number of imidazole rings is 2. The first-order valence-corrected chi connectivity index (χ1v) is 13.4. The van der Waals surface area contributed by atoms with Crippen molar-refractivity contribution in [1.29, 1.82) is 0 Å². The van der Waals surface area contributed by atoms with Gasteiger partial charge in [-0.05, 0) is 59.3 Å². The number of ether oxygens (including phenoxy) is 1. The van der Waals surface area contributed by atoms with Crippen LogP contribution in [0.15, 0.2) is 53.9 Å². The van der Waals surface area contributed by atoms with E-state index in [0.717, 1.165) is 24.1 Å². The number of pyridine rings is 2. The van der Waals surface area contributed by atoms with E-state index < -0.39 is 5.82 Å². The molecule has 1 aliphatic rings. The van der Waals surface area contributed by atoms with Gasteiger partial charge in [-0.1, -0.05) is 0 Å². The molecule has 1 aliphatic carbocycles. The van der Waals surface area contributed by atoms with Crippen LogP contribution in [0.5, 0.6) is 0 Å². The predicted octanol–water partition coefficient (Wildman–Crippen LogP) is 4.04. The predicted molar refractivity (Wildman–Crippen MR) is 143 cm³/mol. The molecule has 0 spiro atoms. The molecule has 1 N–H and O–H groups in total. The molecule has 0 unspecified atom stereocenters. The Kier molecular flexibility index (Phi) is 6.63. The Morgan fingerprint density at radius 2 is 2.08 bits per heavy atom. The zero-order chi connectivity index (χ0) is 27.1. The van der Waals surface area contributed by atoms with Gasteiger partial charge in [-0.2, -0.15) is 5.10 Å². The van der Waals surface area contributed by atoms with Crippen molar-refractivity contribution in [1.82, 2.24) is 33.9 Å². The summed E-state index contributed by atoms with van der Waals surface area (Å²) in [4.78, 5) is 34.0. The fraction of sp³-hybridized carbons (Fsp3) is 0.296. The maximum absolute atomic E-state index is 14.5. The molecule has 12 heteroatoms. The third kappa shape index (κ3) is 5.16. The van der Waals surface area contributed by atoms with Crippen molar-refractivity contribution in [2.45, 2.75) is 45.2 Å². The number of esters is 1. The van der Waals surface area contributed by atoms with Crippen molar-refractivity contribution in [2.75, 3.05) is 6.61 Å². The SMILES string of the molecule is CCOC(=O)Cc1cc(C2CC2)cn2cc(Cn3cc(C(=O)NCc4ncn5ccc(Br)c(F)c45)cn3)nc12. The average molecular weight is 594 g/mol. The zero-order valence-corrected chi connectivity index (χ0v) is 22.7. The van der Waals surface area contributed by atoms with E-state index in [1.807, 2.05) is 10.6 Å². The second-order valence-corrected chi connectivity index (χ2v) is 10.4. The molecule has 1 saturated carbocycles. The van der Waals surface area contributed by atoms with Crippen molar-refractivity contribution in [3.05, 3.63) is 87.8 Å².